The van der Waals surface area contributed by atoms with Crippen LogP contribution in [0.5, 0.6) is 0 Å². The van der Waals surface area contributed by atoms with Crippen molar-refractivity contribution < 1.29 is 0 Å². The Morgan fingerprint density at radius 1 is 1.83 bits per heavy atom. The summed E-state index contributed by atoms with van der Waals surface area (Å²) in [6.45, 7) is 0. The molecule has 0 bridgehead atoms. The second kappa shape index (κ2) is 1.24. The Balaban J connectivity index is 2.38. The van der Waals surface area contributed by atoms with Crippen LogP contribution in [0, 0.1) is 0 Å². The largest absolute Gasteiger partial charge is 0.309 e. The highest BCUT2D eigenvalue weighted by Gasteiger charge is 1.96. The summed E-state index contributed by atoms with van der Waals surface area (Å²) in [7, 11) is 0. The molecular formula is C2H6N4. The third kappa shape index (κ3) is 0.474. The van der Waals surface area contributed by atoms with E-state index >= 15 is 0 Å². The molecule has 4 heteroatoms. The van der Waals surface area contributed by atoms with E-state index in [0.29, 0.717) is 0 Å². The minimum absolute atomic E-state index is 0.245. The van der Waals surface area contributed by atoms with Crippen LogP contribution in [-0.4, -0.2) is 12.6 Å². The molecule has 6 heavy (non-hydrogen) atoms. The van der Waals surface area contributed by atoms with Gasteiger partial charge in [-0.2, -0.15) is 5.43 Å². The monoisotopic (exact) mass is 86.1 g/mol. The van der Waals surface area contributed by atoms with Crippen molar-refractivity contribution >= 4 is 6.34 Å². The summed E-state index contributed by atoms with van der Waals surface area (Å²) in [6, 6.07) is 0. The van der Waals surface area contributed by atoms with Gasteiger partial charge in [-0.3, -0.25) is 5.73 Å². The van der Waals surface area contributed by atoms with E-state index in [1.807, 2.05) is 0 Å². The number of nitrogens with two attached hydrogens (primary N) is 1. The van der Waals surface area contributed by atoms with Gasteiger partial charge in [-0.1, -0.05) is 0 Å². The molecule has 1 rings (SSSR count). The quantitative estimate of drug-likeness (QED) is 0.331. The van der Waals surface area contributed by atoms with Gasteiger partial charge in [0, 0.05) is 0 Å². The van der Waals surface area contributed by atoms with Crippen molar-refractivity contribution in [3.63, 3.8) is 0 Å². The summed E-state index contributed by atoms with van der Waals surface area (Å²) >= 11 is 0. The van der Waals surface area contributed by atoms with Crippen LogP contribution in [0.25, 0.3) is 0 Å². The summed E-state index contributed by atoms with van der Waals surface area (Å²) < 4.78 is 0. The zero-order chi connectivity index (χ0) is 4.41. The Kier molecular flexibility index (Phi) is 0.736. The van der Waals surface area contributed by atoms with E-state index in [0.717, 1.165) is 0 Å². The van der Waals surface area contributed by atoms with Gasteiger partial charge in [-0.15, -0.1) is 0 Å². The molecule has 4 N–H and O–H groups in total. The summed E-state index contributed by atoms with van der Waals surface area (Å²) in [4.78, 5) is 3.67. The molecule has 1 unspecified atom stereocenters. The lowest BCUT2D eigenvalue weighted by atomic mass is 11.0. The lowest BCUT2D eigenvalue weighted by molar-refractivity contribution is 0.568. The van der Waals surface area contributed by atoms with Crippen molar-refractivity contribution in [3.8, 4) is 0 Å². The van der Waals surface area contributed by atoms with Crippen molar-refractivity contribution in [1.82, 2.24) is 10.9 Å². The molecular weight excluding hydrogens is 80.1 g/mol. The molecule has 0 radical (unpaired) electrons. The predicted octanol–water partition coefficient (Wildman–Crippen LogP) is -1.64. The third-order valence-electron chi connectivity index (χ3n) is 0.531. The standard InChI is InChI=1S/C2H6N4/c3-2-4-1-5-6-2/h1-2,6H,3H2,(H,4,5). The number of nitrogens with zero attached hydrogens (tertiary/aromatic N) is 1. The fourth-order valence-corrected chi connectivity index (χ4v) is 0.277. The van der Waals surface area contributed by atoms with Gasteiger partial charge in [0.15, 0.2) is 6.29 Å². The highest BCUT2D eigenvalue weighted by atomic mass is 15.5. The number of hydrazine groups is 1. The van der Waals surface area contributed by atoms with Crippen LogP contribution in [0.3, 0.4) is 0 Å². The van der Waals surface area contributed by atoms with Gasteiger partial charge in [0.05, 0.1) is 0 Å². The van der Waals surface area contributed by atoms with Crippen molar-refractivity contribution in [2.24, 2.45) is 10.7 Å². The average molecular weight is 86.1 g/mol. The van der Waals surface area contributed by atoms with Crippen LogP contribution >= 0.6 is 0 Å². The van der Waals surface area contributed by atoms with Crippen LogP contribution in [0.15, 0.2) is 4.99 Å². The summed E-state index contributed by atoms with van der Waals surface area (Å²) in [5, 5.41) is 0. The highest BCUT2D eigenvalue weighted by Crippen LogP contribution is 1.71. The maximum atomic E-state index is 5.16. The Morgan fingerprint density at radius 2 is 2.67 bits per heavy atom. The van der Waals surface area contributed by atoms with Gasteiger partial charge >= 0.3 is 0 Å². The summed E-state index contributed by atoms with van der Waals surface area (Å²) in [5.74, 6) is 0. The van der Waals surface area contributed by atoms with E-state index in [4.69, 9.17) is 5.73 Å². The molecule has 1 aliphatic rings. The molecule has 34 valence electrons. The minimum atomic E-state index is -0.245. The van der Waals surface area contributed by atoms with Gasteiger partial charge in [0.25, 0.3) is 0 Å². The fourth-order valence-electron chi connectivity index (χ4n) is 0.277. The molecule has 0 aromatic carbocycles. The van der Waals surface area contributed by atoms with Crippen LogP contribution in [-0.2, 0) is 0 Å². The minimum Gasteiger partial charge on any atom is -0.309 e. The van der Waals surface area contributed by atoms with E-state index in [1.54, 1.807) is 0 Å². The molecule has 1 aliphatic heterocycles. The summed E-state index contributed by atoms with van der Waals surface area (Å²) in [5.41, 5.74) is 10.4. The maximum absolute atomic E-state index is 5.16. The topological polar surface area (TPSA) is 62.4 Å². The fraction of sp³-hybridized carbons (Fsp3) is 0.500. The van der Waals surface area contributed by atoms with Crippen molar-refractivity contribution in [3.05, 3.63) is 0 Å². The van der Waals surface area contributed by atoms with Gasteiger partial charge < -0.3 is 5.43 Å². The second-order valence-electron chi connectivity index (χ2n) is 1.01. The van der Waals surface area contributed by atoms with Crippen LogP contribution in [0.1, 0.15) is 0 Å². The van der Waals surface area contributed by atoms with Crippen LogP contribution in [0.4, 0.5) is 0 Å². The van der Waals surface area contributed by atoms with E-state index in [2.05, 4.69) is 15.8 Å². The SMILES string of the molecule is NC1N=CNN1. The van der Waals surface area contributed by atoms with Crippen molar-refractivity contribution in [2.75, 3.05) is 0 Å². The normalized spacial score (nSPS) is 30.5. The zero-order valence-electron chi connectivity index (χ0n) is 3.18. The molecule has 4 nitrogen and oxygen atoms in total. The highest BCUT2D eigenvalue weighted by molar-refractivity contribution is 5.55. The van der Waals surface area contributed by atoms with E-state index in [1.165, 1.54) is 6.34 Å². The Labute approximate surface area is 35.4 Å². The van der Waals surface area contributed by atoms with Crippen LogP contribution < -0.4 is 16.6 Å². The second-order valence-corrected chi connectivity index (χ2v) is 1.01. The Bertz CT molecular complexity index is 67.9. The van der Waals surface area contributed by atoms with Crippen molar-refractivity contribution in [1.29, 1.82) is 0 Å². The number of nitrogens with one attached hydrogen (secondary N) is 2. The number of rotatable bonds is 0. The van der Waals surface area contributed by atoms with E-state index in [-0.39, 0.29) is 6.29 Å². The molecule has 0 saturated carbocycles. The molecule has 0 aromatic heterocycles. The smallest absolute Gasteiger partial charge is 0.169 e. The lowest BCUT2D eigenvalue weighted by Crippen LogP contribution is -2.37. The first-order valence-corrected chi connectivity index (χ1v) is 1.68. The van der Waals surface area contributed by atoms with Crippen LogP contribution in [0.2, 0.25) is 0 Å². The number of hydrogen-bond donors (Lipinski definition) is 3. The zero-order valence-corrected chi connectivity index (χ0v) is 3.18. The molecule has 1 heterocycles. The molecule has 1 atom stereocenters. The number of aliphatic imine (C=N–C) groups is 1. The van der Waals surface area contributed by atoms with Gasteiger partial charge in [0.2, 0.25) is 0 Å². The Hall–Kier alpha value is -0.610. The first-order chi connectivity index (χ1) is 2.89. The molecule has 0 aromatic rings. The molecule has 0 amide bonds. The molecule has 0 fully saturated rings. The first-order valence-electron chi connectivity index (χ1n) is 1.68. The van der Waals surface area contributed by atoms with E-state index < -0.39 is 0 Å². The lowest BCUT2D eigenvalue weighted by Gasteiger charge is -1.94. The van der Waals surface area contributed by atoms with E-state index in [9.17, 15) is 0 Å². The number of hydrogen-bond acceptors (Lipinski definition) is 4. The maximum Gasteiger partial charge on any atom is 0.169 e. The molecule has 0 spiro atoms. The van der Waals surface area contributed by atoms with Gasteiger partial charge in [-0.05, 0) is 0 Å². The average Bonchev–Trinajstić information content (AvgIpc) is 1.86. The van der Waals surface area contributed by atoms with Crippen molar-refractivity contribution in [2.45, 2.75) is 6.29 Å². The molecule has 0 saturated heterocycles. The predicted molar refractivity (Wildman–Crippen MR) is 22.7 cm³/mol. The third-order valence-corrected chi connectivity index (χ3v) is 0.531. The summed E-state index contributed by atoms with van der Waals surface area (Å²) in [6.07, 6.45) is 1.27. The van der Waals surface area contributed by atoms with Gasteiger partial charge in [0.1, 0.15) is 6.34 Å². The molecule has 0 aliphatic carbocycles. The first kappa shape index (κ1) is 3.58. The van der Waals surface area contributed by atoms with Gasteiger partial charge in [-0.25, -0.2) is 4.99 Å². The Morgan fingerprint density at radius 3 is 2.83 bits per heavy atom.